The first kappa shape index (κ1) is 15.2. The first-order valence-corrected chi connectivity index (χ1v) is 7.31. The van der Waals surface area contributed by atoms with E-state index in [9.17, 15) is 0 Å². The van der Waals surface area contributed by atoms with Crippen molar-refractivity contribution < 1.29 is 4.74 Å². The number of hydrogen-bond acceptors (Lipinski definition) is 2. The van der Waals surface area contributed by atoms with E-state index in [0.29, 0.717) is 23.2 Å². The second kappa shape index (κ2) is 7.53. The Morgan fingerprint density at radius 2 is 1.75 bits per heavy atom. The Labute approximate surface area is 129 Å². The van der Waals surface area contributed by atoms with Gasteiger partial charge in [0.15, 0.2) is 0 Å². The summed E-state index contributed by atoms with van der Waals surface area (Å²) < 4.78 is 5.41. The average Bonchev–Trinajstić information content (AvgIpc) is 2.43. The molecule has 4 heteroatoms. The molecule has 106 valence electrons. The number of hydrogen-bond donors (Lipinski definition) is 1. The van der Waals surface area contributed by atoms with Crippen LogP contribution in [-0.2, 0) is 13.1 Å². The zero-order valence-corrected chi connectivity index (χ0v) is 12.8. The Morgan fingerprint density at radius 3 is 2.40 bits per heavy atom. The van der Waals surface area contributed by atoms with Gasteiger partial charge in [0.05, 0.1) is 6.61 Å². The summed E-state index contributed by atoms with van der Waals surface area (Å²) in [7, 11) is 0. The van der Waals surface area contributed by atoms with E-state index in [0.717, 1.165) is 17.9 Å². The summed E-state index contributed by atoms with van der Waals surface area (Å²) in [5.41, 5.74) is 2.25. The van der Waals surface area contributed by atoms with Crippen molar-refractivity contribution in [2.24, 2.45) is 0 Å². The van der Waals surface area contributed by atoms with Crippen molar-refractivity contribution in [3.8, 4) is 5.75 Å². The predicted molar refractivity (Wildman–Crippen MR) is 84.6 cm³/mol. The van der Waals surface area contributed by atoms with Crippen molar-refractivity contribution in [3.63, 3.8) is 0 Å². The molecule has 2 aromatic rings. The van der Waals surface area contributed by atoms with Gasteiger partial charge in [-0.2, -0.15) is 0 Å². The zero-order valence-electron chi connectivity index (χ0n) is 11.3. The summed E-state index contributed by atoms with van der Waals surface area (Å²) in [6.07, 6.45) is 0. The summed E-state index contributed by atoms with van der Waals surface area (Å²) in [5, 5.41) is 4.71. The molecule has 0 unspecified atom stereocenters. The number of halogens is 2. The molecule has 1 N–H and O–H groups in total. The van der Waals surface area contributed by atoms with Crippen LogP contribution in [0.5, 0.6) is 5.75 Å². The van der Waals surface area contributed by atoms with E-state index >= 15 is 0 Å². The molecule has 2 nitrogen and oxygen atoms in total. The third-order valence-electron chi connectivity index (χ3n) is 2.89. The van der Waals surface area contributed by atoms with E-state index in [1.54, 1.807) is 6.07 Å². The second-order valence-corrected chi connectivity index (χ2v) is 5.26. The van der Waals surface area contributed by atoms with Gasteiger partial charge in [-0.25, -0.2) is 0 Å². The second-order valence-electron chi connectivity index (χ2n) is 4.42. The topological polar surface area (TPSA) is 21.3 Å². The van der Waals surface area contributed by atoms with Gasteiger partial charge < -0.3 is 10.1 Å². The Bertz CT molecular complexity index is 555. The summed E-state index contributed by atoms with van der Waals surface area (Å²) in [4.78, 5) is 0. The first-order chi connectivity index (χ1) is 9.69. The third kappa shape index (κ3) is 4.41. The summed E-state index contributed by atoms with van der Waals surface area (Å²) in [6, 6.07) is 13.6. The maximum atomic E-state index is 6.13. The molecule has 2 rings (SSSR count). The average molecular weight is 310 g/mol. The monoisotopic (exact) mass is 309 g/mol. The molecule has 0 aliphatic carbocycles. The number of rotatable bonds is 6. The van der Waals surface area contributed by atoms with Gasteiger partial charge in [0, 0.05) is 23.1 Å². The highest BCUT2D eigenvalue weighted by Crippen LogP contribution is 2.20. The molecular weight excluding hydrogens is 293 g/mol. The SMILES string of the molecule is CCOc1ccc(CNCc2ccc(Cl)cc2Cl)cc1. The molecule has 0 amide bonds. The van der Waals surface area contributed by atoms with E-state index in [1.807, 2.05) is 31.2 Å². The molecule has 20 heavy (non-hydrogen) atoms. The van der Waals surface area contributed by atoms with Gasteiger partial charge in [0.2, 0.25) is 0 Å². The van der Waals surface area contributed by atoms with Gasteiger partial charge in [-0.1, -0.05) is 41.4 Å². The van der Waals surface area contributed by atoms with Crippen LogP contribution in [0.25, 0.3) is 0 Å². The Balaban J connectivity index is 1.86. The number of ether oxygens (including phenoxy) is 1. The van der Waals surface area contributed by atoms with Crippen molar-refractivity contribution in [1.82, 2.24) is 5.32 Å². The van der Waals surface area contributed by atoms with Gasteiger partial charge >= 0.3 is 0 Å². The van der Waals surface area contributed by atoms with Crippen LogP contribution in [0.4, 0.5) is 0 Å². The van der Waals surface area contributed by atoms with Crippen LogP contribution in [0.3, 0.4) is 0 Å². The summed E-state index contributed by atoms with van der Waals surface area (Å²) >= 11 is 12.0. The van der Waals surface area contributed by atoms with Gasteiger partial charge in [-0.05, 0) is 42.3 Å². The minimum absolute atomic E-state index is 0.658. The molecule has 0 aliphatic rings. The molecule has 0 heterocycles. The Morgan fingerprint density at radius 1 is 1.00 bits per heavy atom. The standard InChI is InChI=1S/C16H17Cl2NO/c1-2-20-15-7-3-12(4-8-15)10-19-11-13-5-6-14(17)9-16(13)18/h3-9,19H,2,10-11H2,1H3. The van der Waals surface area contributed by atoms with E-state index < -0.39 is 0 Å². The minimum atomic E-state index is 0.658. The smallest absolute Gasteiger partial charge is 0.119 e. The van der Waals surface area contributed by atoms with Gasteiger partial charge in [0.1, 0.15) is 5.75 Å². The lowest BCUT2D eigenvalue weighted by molar-refractivity contribution is 0.340. The predicted octanol–water partition coefficient (Wildman–Crippen LogP) is 4.68. The van der Waals surface area contributed by atoms with Crippen LogP contribution >= 0.6 is 23.2 Å². The van der Waals surface area contributed by atoms with E-state index in [1.165, 1.54) is 5.56 Å². The molecule has 0 atom stereocenters. The van der Waals surface area contributed by atoms with Crippen molar-refractivity contribution in [2.75, 3.05) is 6.61 Å². The molecule has 0 saturated heterocycles. The van der Waals surface area contributed by atoms with Crippen molar-refractivity contribution in [1.29, 1.82) is 0 Å². The number of benzene rings is 2. The number of nitrogens with one attached hydrogen (secondary N) is 1. The van der Waals surface area contributed by atoms with Crippen LogP contribution in [-0.4, -0.2) is 6.61 Å². The molecule has 0 bridgehead atoms. The van der Waals surface area contributed by atoms with Crippen LogP contribution in [0.2, 0.25) is 10.0 Å². The van der Waals surface area contributed by atoms with E-state index in [4.69, 9.17) is 27.9 Å². The molecular formula is C16H17Cl2NO. The lowest BCUT2D eigenvalue weighted by Gasteiger charge is -2.08. The van der Waals surface area contributed by atoms with Crippen molar-refractivity contribution >= 4 is 23.2 Å². The zero-order chi connectivity index (χ0) is 14.4. The molecule has 0 saturated carbocycles. The van der Waals surface area contributed by atoms with Gasteiger partial charge in [0.25, 0.3) is 0 Å². The fourth-order valence-corrected chi connectivity index (χ4v) is 2.35. The van der Waals surface area contributed by atoms with E-state index in [2.05, 4.69) is 17.4 Å². The molecule has 0 radical (unpaired) electrons. The Hall–Kier alpha value is -1.22. The first-order valence-electron chi connectivity index (χ1n) is 6.55. The highest BCUT2D eigenvalue weighted by atomic mass is 35.5. The minimum Gasteiger partial charge on any atom is -0.494 e. The van der Waals surface area contributed by atoms with Crippen LogP contribution < -0.4 is 10.1 Å². The fourth-order valence-electron chi connectivity index (χ4n) is 1.88. The fraction of sp³-hybridized carbons (Fsp3) is 0.250. The summed E-state index contributed by atoms with van der Waals surface area (Å²) in [6.45, 7) is 4.16. The van der Waals surface area contributed by atoms with Gasteiger partial charge in [-0.3, -0.25) is 0 Å². The highest BCUT2D eigenvalue weighted by molar-refractivity contribution is 6.35. The van der Waals surface area contributed by atoms with Crippen LogP contribution in [0.1, 0.15) is 18.1 Å². The molecule has 0 fully saturated rings. The lowest BCUT2D eigenvalue weighted by Crippen LogP contribution is -2.12. The summed E-state index contributed by atoms with van der Waals surface area (Å²) in [5.74, 6) is 0.900. The molecule has 0 aliphatic heterocycles. The van der Waals surface area contributed by atoms with Crippen molar-refractivity contribution in [3.05, 3.63) is 63.6 Å². The lowest BCUT2D eigenvalue weighted by atomic mass is 10.2. The Kier molecular flexibility index (Phi) is 5.72. The quantitative estimate of drug-likeness (QED) is 0.836. The maximum absolute atomic E-state index is 6.13. The largest absolute Gasteiger partial charge is 0.494 e. The maximum Gasteiger partial charge on any atom is 0.119 e. The molecule has 0 aromatic heterocycles. The van der Waals surface area contributed by atoms with Crippen LogP contribution in [0, 0.1) is 0 Å². The normalized spacial score (nSPS) is 10.6. The molecule has 0 spiro atoms. The van der Waals surface area contributed by atoms with E-state index in [-0.39, 0.29) is 0 Å². The van der Waals surface area contributed by atoms with Gasteiger partial charge in [-0.15, -0.1) is 0 Å². The van der Waals surface area contributed by atoms with Crippen LogP contribution in [0.15, 0.2) is 42.5 Å². The third-order valence-corrected chi connectivity index (χ3v) is 3.48. The van der Waals surface area contributed by atoms with Crippen molar-refractivity contribution in [2.45, 2.75) is 20.0 Å². The molecule has 2 aromatic carbocycles. The highest BCUT2D eigenvalue weighted by Gasteiger charge is 2.01.